The lowest BCUT2D eigenvalue weighted by Gasteiger charge is -2.20. The van der Waals surface area contributed by atoms with Gasteiger partial charge in [-0.15, -0.1) is 0 Å². The molecule has 2 N–H and O–H groups in total. The molecular weight excluding hydrogens is 176 g/mol. The Bertz CT molecular complexity index is 246. The molecule has 0 atom stereocenters. The van der Waals surface area contributed by atoms with Crippen LogP contribution < -0.4 is 0 Å². The summed E-state index contributed by atoms with van der Waals surface area (Å²) >= 11 is 0. The normalized spacial score (nSPS) is 12.4. The van der Waals surface area contributed by atoms with Gasteiger partial charge in [0.1, 0.15) is 5.60 Å². The van der Waals surface area contributed by atoms with Crippen LogP contribution in [0.15, 0.2) is 11.8 Å². The van der Waals surface area contributed by atoms with E-state index < -0.39 is 23.3 Å². The molecule has 5 nitrogen and oxygen atoms in total. The van der Waals surface area contributed by atoms with Gasteiger partial charge in [0.2, 0.25) is 5.76 Å². The van der Waals surface area contributed by atoms with Crippen molar-refractivity contribution in [3.8, 4) is 0 Å². The molecule has 0 saturated heterocycles. The van der Waals surface area contributed by atoms with Crippen molar-refractivity contribution < 1.29 is 24.5 Å². The van der Waals surface area contributed by atoms with Crippen LogP contribution in [0.2, 0.25) is 0 Å². The zero-order chi connectivity index (χ0) is 10.6. The van der Waals surface area contributed by atoms with E-state index in [1.165, 1.54) is 0 Å². The SMILES string of the molecule is CC(C)(C)OC(=CC(=O)O)C(=O)O. The number of carboxylic acid groups (broad SMARTS) is 2. The Morgan fingerprint density at radius 1 is 1.23 bits per heavy atom. The predicted octanol–water partition coefficient (Wildman–Crippen LogP) is 0.855. The number of rotatable bonds is 3. The van der Waals surface area contributed by atoms with E-state index in [4.69, 9.17) is 14.9 Å². The monoisotopic (exact) mass is 188 g/mol. The van der Waals surface area contributed by atoms with E-state index in [1.54, 1.807) is 20.8 Å². The van der Waals surface area contributed by atoms with Crippen molar-refractivity contribution in [1.29, 1.82) is 0 Å². The smallest absolute Gasteiger partial charge is 0.371 e. The molecule has 0 aromatic heterocycles. The number of hydrogen-bond acceptors (Lipinski definition) is 3. The summed E-state index contributed by atoms with van der Waals surface area (Å²) in [6.07, 6.45) is 0.521. The molecule has 0 heterocycles. The van der Waals surface area contributed by atoms with Crippen LogP contribution in [0.3, 0.4) is 0 Å². The minimum atomic E-state index is -1.39. The predicted molar refractivity (Wildman–Crippen MR) is 44.2 cm³/mol. The van der Waals surface area contributed by atoms with Crippen LogP contribution in [-0.4, -0.2) is 27.8 Å². The average molecular weight is 188 g/mol. The zero-order valence-corrected chi connectivity index (χ0v) is 7.70. The molecule has 0 spiro atoms. The van der Waals surface area contributed by atoms with E-state index in [0.717, 1.165) is 0 Å². The standard InChI is InChI=1S/C8H12O5/c1-8(2,3)13-5(7(11)12)4-6(9)10/h4H,1-3H3,(H,9,10)(H,11,12). The first-order valence-electron chi connectivity index (χ1n) is 3.59. The van der Waals surface area contributed by atoms with Crippen molar-refractivity contribution in [2.75, 3.05) is 0 Å². The molecule has 0 unspecified atom stereocenters. The summed E-state index contributed by atoms with van der Waals surface area (Å²) < 4.78 is 4.89. The second-order valence-electron chi connectivity index (χ2n) is 3.37. The summed E-state index contributed by atoms with van der Waals surface area (Å²) in [7, 11) is 0. The van der Waals surface area contributed by atoms with E-state index in [-0.39, 0.29) is 0 Å². The Morgan fingerprint density at radius 2 is 1.69 bits per heavy atom. The van der Waals surface area contributed by atoms with Crippen LogP contribution in [0.25, 0.3) is 0 Å². The van der Waals surface area contributed by atoms with Crippen molar-refractivity contribution in [3.05, 3.63) is 11.8 Å². The molecule has 0 aromatic carbocycles. The third-order valence-electron chi connectivity index (χ3n) is 0.881. The van der Waals surface area contributed by atoms with Crippen molar-refractivity contribution in [1.82, 2.24) is 0 Å². The summed E-state index contributed by atoms with van der Waals surface area (Å²) in [5.41, 5.74) is -0.723. The highest BCUT2D eigenvalue weighted by Crippen LogP contribution is 2.13. The summed E-state index contributed by atoms with van der Waals surface area (Å²) in [6.45, 7) is 4.89. The highest BCUT2D eigenvalue weighted by Gasteiger charge is 2.19. The third-order valence-corrected chi connectivity index (χ3v) is 0.881. The molecule has 0 rings (SSSR count). The summed E-state index contributed by atoms with van der Waals surface area (Å²) in [6, 6.07) is 0. The van der Waals surface area contributed by atoms with Crippen molar-refractivity contribution in [2.24, 2.45) is 0 Å². The lowest BCUT2D eigenvalue weighted by atomic mass is 10.2. The fourth-order valence-corrected chi connectivity index (χ4v) is 0.577. The van der Waals surface area contributed by atoms with E-state index in [0.29, 0.717) is 6.08 Å². The van der Waals surface area contributed by atoms with Crippen LogP contribution in [-0.2, 0) is 14.3 Å². The Morgan fingerprint density at radius 3 is 1.92 bits per heavy atom. The molecule has 0 bridgehead atoms. The summed E-state index contributed by atoms with van der Waals surface area (Å²) in [5, 5.41) is 16.8. The van der Waals surface area contributed by atoms with Crippen molar-refractivity contribution >= 4 is 11.9 Å². The molecule has 0 aliphatic carbocycles. The number of carboxylic acids is 2. The number of carbonyl (C=O) groups is 2. The second kappa shape index (κ2) is 3.93. The Kier molecular flexibility index (Phi) is 3.47. The van der Waals surface area contributed by atoms with Gasteiger partial charge in [-0.05, 0) is 20.8 Å². The van der Waals surface area contributed by atoms with Crippen LogP contribution in [0.1, 0.15) is 20.8 Å². The first kappa shape index (κ1) is 11.5. The van der Waals surface area contributed by atoms with Crippen LogP contribution in [0.4, 0.5) is 0 Å². The first-order chi connectivity index (χ1) is 5.72. The van der Waals surface area contributed by atoms with Gasteiger partial charge in [0, 0.05) is 0 Å². The average Bonchev–Trinajstić information content (AvgIpc) is 1.81. The Labute approximate surface area is 75.6 Å². The van der Waals surface area contributed by atoms with Gasteiger partial charge in [0.25, 0.3) is 0 Å². The van der Waals surface area contributed by atoms with Gasteiger partial charge in [-0.25, -0.2) is 9.59 Å². The van der Waals surface area contributed by atoms with Gasteiger partial charge >= 0.3 is 11.9 Å². The van der Waals surface area contributed by atoms with Crippen molar-refractivity contribution in [2.45, 2.75) is 26.4 Å². The minimum Gasteiger partial charge on any atom is -0.481 e. The van der Waals surface area contributed by atoms with Gasteiger partial charge in [0.05, 0.1) is 6.08 Å². The summed E-state index contributed by atoms with van der Waals surface area (Å²) in [5.74, 6) is -3.31. The molecule has 0 aliphatic heterocycles. The highest BCUT2D eigenvalue weighted by molar-refractivity contribution is 5.92. The fraction of sp³-hybridized carbons (Fsp3) is 0.500. The van der Waals surface area contributed by atoms with Gasteiger partial charge in [-0.1, -0.05) is 0 Å². The molecule has 74 valence electrons. The maximum absolute atomic E-state index is 10.5. The third kappa shape index (κ3) is 5.72. The Balaban J connectivity index is 4.65. The van der Waals surface area contributed by atoms with Gasteiger partial charge in [-0.2, -0.15) is 0 Å². The van der Waals surface area contributed by atoms with Gasteiger partial charge < -0.3 is 14.9 Å². The largest absolute Gasteiger partial charge is 0.481 e. The highest BCUT2D eigenvalue weighted by atomic mass is 16.5. The van der Waals surface area contributed by atoms with Crippen LogP contribution >= 0.6 is 0 Å². The maximum atomic E-state index is 10.5. The van der Waals surface area contributed by atoms with E-state index in [2.05, 4.69) is 0 Å². The maximum Gasteiger partial charge on any atom is 0.371 e. The molecule has 13 heavy (non-hydrogen) atoms. The van der Waals surface area contributed by atoms with E-state index in [1.807, 2.05) is 0 Å². The molecule has 0 radical (unpaired) electrons. The van der Waals surface area contributed by atoms with Gasteiger partial charge in [0.15, 0.2) is 0 Å². The van der Waals surface area contributed by atoms with Gasteiger partial charge in [-0.3, -0.25) is 0 Å². The molecule has 0 aromatic rings. The molecular formula is C8H12O5. The lowest BCUT2D eigenvalue weighted by Crippen LogP contribution is -2.22. The minimum absolute atomic E-state index is 0.521. The molecule has 5 heteroatoms. The molecule has 0 fully saturated rings. The number of hydrogen-bond donors (Lipinski definition) is 2. The zero-order valence-electron chi connectivity index (χ0n) is 7.70. The van der Waals surface area contributed by atoms with E-state index >= 15 is 0 Å². The van der Waals surface area contributed by atoms with E-state index in [9.17, 15) is 9.59 Å². The topological polar surface area (TPSA) is 83.8 Å². The first-order valence-corrected chi connectivity index (χ1v) is 3.59. The fourth-order valence-electron chi connectivity index (χ4n) is 0.577. The Hall–Kier alpha value is -1.52. The van der Waals surface area contributed by atoms with Crippen molar-refractivity contribution in [3.63, 3.8) is 0 Å². The summed E-state index contributed by atoms with van der Waals surface area (Å²) in [4.78, 5) is 20.6. The van der Waals surface area contributed by atoms with Crippen LogP contribution in [0, 0.1) is 0 Å². The lowest BCUT2D eigenvalue weighted by molar-refractivity contribution is -0.141. The quantitative estimate of drug-likeness (QED) is 0.506. The second-order valence-corrected chi connectivity index (χ2v) is 3.37. The molecule has 0 aliphatic rings. The van der Waals surface area contributed by atoms with Crippen LogP contribution in [0.5, 0.6) is 0 Å². The number of aliphatic carboxylic acids is 2. The molecule has 0 saturated carbocycles. The number of ether oxygens (including phenoxy) is 1. The molecule has 0 amide bonds.